The van der Waals surface area contributed by atoms with Gasteiger partial charge >= 0.3 is 0 Å². The first kappa shape index (κ1) is 26.7. The van der Waals surface area contributed by atoms with Gasteiger partial charge in [-0.2, -0.15) is 5.10 Å². The van der Waals surface area contributed by atoms with Crippen molar-refractivity contribution in [3.8, 4) is 17.3 Å². The van der Waals surface area contributed by atoms with E-state index in [1.807, 2.05) is 56.0 Å². The molecule has 3 aromatic rings. The van der Waals surface area contributed by atoms with E-state index in [9.17, 15) is 13.9 Å². The van der Waals surface area contributed by atoms with Crippen molar-refractivity contribution in [2.75, 3.05) is 33.4 Å². The Hall–Kier alpha value is -2.85. The fourth-order valence-corrected chi connectivity index (χ4v) is 3.56. The Morgan fingerprint density at radius 2 is 1.86 bits per heavy atom. The first-order valence-electron chi connectivity index (χ1n) is 11.6. The average molecular weight is 490 g/mol. The quantitative estimate of drug-likeness (QED) is 0.382. The van der Waals surface area contributed by atoms with E-state index in [0.717, 1.165) is 17.8 Å². The summed E-state index contributed by atoms with van der Waals surface area (Å²) in [4.78, 5) is 2.01. The first-order valence-corrected chi connectivity index (χ1v) is 11.6. The Bertz CT molecular complexity index is 1080. The van der Waals surface area contributed by atoms with Gasteiger partial charge in [-0.05, 0) is 45.0 Å². The summed E-state index contributed by atoms with van der Waals surface area (Å²) in [7, 11) is 1.61. The minimum absolute atomic E-state index is 0.00836. The molecule has 1 heterocycles. The lowest BCUT2D eigenvalue weighted by Crippen LogP contribution is -2.37. The Morgan fingerprint density at radius 1 is 1.11 bits per heavy atom. The molecule has 7 nitrogen and oxygen atoms in total. The molecule has 1 aromatic heterocycles. The number of halogens is 2. The molecule has 0 fully saturated rings. The Morgan fingerprint density at radius 3 is 2.51 bits per heavy atom. The summed E-state index contributed by atoms with van der Waals surface area (Å²) in [6.07, 6.45) is -0.702. The highest BCUT2D eigenvalue weighted by Gasteiger charge is 2.23. The summed E-state index contributed by atoms with van der Waals surface area (Å²) in [6, 6.07) is 12.5. The molecule has 0 saturated carbocycles. The van der Waals surface area contributed by atoms with Crippen LogP contribution < -0.4 is 4.74 Å². The molecule has 0 aliphatic rings. The zero-order chi connectivity index (χ0) is 25.4. The molecule has 0 aliphatic carbocycles. The van der Waals surface area contributed by atoms with Gasteiger partial charge in [-0.25, -0.2) is 13.5 Å². The predicted molar refractivity (Wildman–Crippen MR) is 129 cm³/mol. The predicted octanol–water partition coefficient (Wildman–Crippen LogP) is 4.49. The van der Waals surface area contributed by atoms with E-state index < -0.39 is 17.7 Å². The highest BCUT2D eigenvalue weighted by molar-refractivity contribution is 5.43. The van der Waals surface area contributed by atoms with Crippen molar-refractivity contribution in [3.05, 3.63) is 71.4 Å². The molecule has 1 atom stereocenters. The van der Waals surface area contributed by atoms with Crippen LogP contribution in [-0.2, 0) is 16.0 Å². The molecule has 0 saturated heterocycles. The molecule has 3 rings (SSSR count). The van der Waals surface area contributed by atoms with Crippen LogP contribution in [0.5, 0.6) is 11.6 Å². The Labute approximate surface area is 204 Å². The summed E-state index contributed by atoms with van der Waals surface area (Å²) in [5.41, 5.74) is 2.13. The minimum Gasteiger partial charge on any atom is -0.435 e. The topological polar surface area (TPSA) is 69.0 Å². The van der Waals surface area contributed by atoms with Gasteiger partial charge in [0.15, 0.2) is 11.6 Å². The number of ether oxygens (including phenoxy) is 3. The van der Waals surface area contributed by atoms with Gasteiger partial charge < -0.3 is 19.3 Å². The second-order valence-corrected chi connectivity index (χ2v) is 8.56. The lowest BCUT2D eigenvalue weighted by Gasteiger charge is -2.25. The summed E-state index contributed by atoms with van der Waals surface area (Å²) in [5.74, 6) is -1.30. The van der Waals surface area contributed by atoms with E-state index in [0.29, 0.717) is 43.4 Å². The molecule has 1 N–H and O–H groups in total. The van der Waals surface area contributed by atoms with Gasteiger partial charge in [0.2, 0.25) is 5.88 Å². The van der Waals surface area contributed by atoms with Crippen molar-refractivity contribution in [3.63, 3.8) is 0 Å². The van der Waals surface area contributed by atoms with Gasteiger partial charge in [0.25, 0.3) is 0 Å². The Kier molecular flexibility index (Phi) is 9.73. The van der Waals surface area contributed by atoms with Crippen molar-refractivity contribution in [2.24, 2.45) is 0 Å². The highest BCUT2D eigenvalue weighted by atomic mass is 19.1. The van der Waals surface area contributed by atoms with Crippen molar-refractivity contribution in [2.45, 2.75) is 39.5 Å². The number of hydrogen-bond acceptors (Lipinski definition) is 6. The summed E-state index contributed by atoms with van der Waals surface area (Å²) < 4.78 is 46.4. The monoisotopic (exact) mass is 489 g/mol. The van der Waals surface area contributed by atoms with Crippen LogP contribution in [0.1, 0.15) is 25.1 Å². The number of nitrogens with zero attached hydrogens (tertiary/aromatic N) is 3. The van der Waals surface area contributed by atoms with E-state index in [2.05, 4.69) is 5.10 Å². The van der Waals surface area contributed by atoms with Crippen LogP contribution >= 0.6 is 0 Å². The van der Waals surface area contributed by atoms with Crippen LogP contribution in [0.2, 0.25) is 0 Å². The normalized spacial score (nSPS) is 12.5. The van der Waals surface area contributed by atoms with Crippen molar-refractivity contribution in [1.29, 1.82) is 0 Å². The maximum Gasteiger partial charge on any atom is 0.227 e. The summed E-state index contributed by atoms with van der Waals surface area (Å²) in [5, 5.41) is 15.2. The lowest BCUT2D eigenvalue weighted by molar-refractivity contribution is -0.0122. The number of aromatic nitrogens is 2. The van der Waals surface area contributed by atoms with Crippen molar-refractivity contribution in [1.82, 2.24) is 14.7 Å². The molecule has 0 radical (unpaired) electrons. The molecule has 9 heteroatoms. The third-order valence-electron chi connectivity index (χ3n) is 5.32. The largest absolute Gasteiger partial charge is 0.435 e. The number of aliphatic hydroxyl groups is 1. The van der Waals surface area contributed by atoms with Crippen LogP contribution in [0, 0.1) is 18.6 Å². The highest BCUT2D eigenvalue weighted by Crippen LogP contribution is 2.33. The van der Waals surface area contributed by atoms with Gasteiger partial charge in [0, 0.05) is 32.8 Å². The fourth-order valence-electron chi connectivity index (χ4n) is 3.56. The molecule has 0 aliphatic heterocycles. The number of hydrogen-bond donors (Lipinski definition) is 1. The minimum atomic E-state index is -0.813. The molecule has 0 spiro atoms. The molecule has 35 heavy (non-hydrogen) atoms. The number of aryl methyl sites for hydroxylation is 1. The second-order valence-electron chi connectivity index (χ2n) is 8.56. The van der Waals surface area contributed by atoms with E-state index in [-0.39, 0.29) is 18.5 Å². The summed E-state index contributed by atoms with van der Waals surface area (Å²) in [6.45, 7) is 7.55. The van der Waals surface area contributed by atoms with E-state index in [4.69, 9.17) is 14.2 Å². The van der Waals surface area contributed by atoms with Gasteiger partial charge in [0.1, 0.15) is 5.82 Å². The van der Waals surface area contributed by atoms with Crippen LogP contribution in [-0.4, -0.2) is 65.4 Å². The smallest absolute Gasteiger partial charge is 0.227 e. The van der Waals surface area contributed by atoms with Gasteiger partial charge in [-0.3, -0.25) is 4.90 Å². The molecular formula is C26H33F2N3O4. The molecule has 0 amide bonds. The number of para-hydroxylation sites is 1. The third kappa shape index (κ3) is 7.57. The SMILES string of the molecule is COCCN(Cc1c(C)nn(-c2ccccc2)c1Oc1ccc(F)cc1F)C[C@H](O)COC(C)C. The van der Waals surface area contributed by atoms with Crippen molar-refractivity contribution >= 4 is 0 Å². The van der Waals surface area contributed by atoms with Crippen LogP contribution in [0.15, 0.2) is 48.5 Å². The number of rotatable bonds is 13. The zero-order valence-corrected chi connectivity index (χ0v) is 20.6. The molecule has 2 aromatic carbocycles. The van der Waals surface area contributed by atoms with Gasteiger partial charge in [-0.15, -0.1) is 0 Å². The lowest BCUT2D eigenvalue weighted by atomic mass is 10.2. The number of methoxy groups -OCH3 is 1. The van der Waals surface area contributed by atoms with Crippen molar-refractivity contribution < 1.29 is 28.1 Å². The molecule has 0 bridgehead atoms. The fraction of sp³-hybridized carbons (Fsp3) is 0.423. The molecule has 190 valence electrons. The van der Waals surface area contributed by atoms with Crippen LogP contribution in [0.4, 0.5) is 8.78 Å². The van der Waals surface area contributed by atoms with Crippen LogP contribution in [0.3, 0.4) is 0 Å². The first-order chi connectivity index (χ1) is 16.8. The van der Waals surface area contributed by atoms with E-state index in [1.165, 1.54) is 6.07 Å². The second kappa shape index (κ2) is 12.7. The standard InChI is InChI=1S/C26H33F2N3O4/c1-18(2)34-17-22(32)15-30(12-13-33-4)16-23-19(3)29-31(21-8-6-5-7-9-21)26(23)35-25-11-10-20(27)14-24(25)28/h5-11,14,18,22,32H,12-13,15-17H2,1-4H3/t22-/m0/s1. The van der Waals surface area contributed by atoms with E-state index in [1.54, 1.807) is 11.8 Å². The molecular weight excluding hydrogens is 456 g/mol. The maximum atomic E-state index is 14.5. The van der Waals surface area contributed by atoms with Crippen LogP contribution in [0.25, 0.3) is 5.69 Å². The van der Waals surface area contributed by atoms with Gasteiger partial charge in [-0.1, -0.05) is 18.2 Å². The Balaban J connectivity index is 1.96. The van der Waals surface area contributed by atoms with E-state index >= 15 is 0 Å². The average Bonchev–Trinajstić information content (AvgIpc) is 3.13. The molecule has 0 unspecified atom stereocenters. The van der Waals surface area contributed by atoms with Gasteiger partial charge in [0.05, 0.1) is 42.4 Å². The maximum absolute atomic E-state index is 14.5. The number of benzene rings is 2. The third-order valence-corrected chi connectivity index (χ3v) is 5.32. The zero-order valence-electron chi connectivity index (χ0n) is 20.6. The summed E-state index contributed by atoms with van der Waals surface area (Å²) >= 11 is 0. The number of aliphatic hydroxyl groups excluding tert-OH is 1.